The van der Waals surface area contributed by atoms with Gasteiger partial charge in [0.2, 0.25) is 0 Å². The highest BCUT2D eigenvalue weighted by atomic mass is 35.5. The standard InChI is InChI=1S/C12H24ClN/c1-11(9-13)10-14-7-4-5-12(2,3)6-8-14/h11H,4-10H2,1-3H3. The van der Waals surface area contributed by atoms with Gasteiger partial charge in [-0.2, -0.15) is 0 Å². The Kier molecular flexibility index (Phi) is 4.72. The van der Waals surface area contributed by atoms with Crippen molar-refractivity contribution in [2.75, 3.05) is 25.5 Å². The number of hydrogen-bond acceptors (Lipinski definition) is 1. The van der Waals surface area contributed by atoms with E-state index in [9.17, 15) is 0 Å². The third-order valence-electron chi connectivity index (χ3n) is 3.27. The fraction of sp³-hybridized carbons (Fsp3) is 1.00. The fourth-order valence-corrected chi connectivity index (χ4v) is 2.25. The quantitative estimate of drug-likeness (QED) is 0.656. The maximum Gasteiger partial charge on any atom is 0.0261 e. The maximum atomic E-state index is 5.84. The van der Waals surface area contributed by atoms with Crippen molar-refractivity contribution in [1.29, 1.82) is 0 Å². The molecule has 1 aliphatic rings. The van der Waals surface area contributed by atoms with Crippen LogP contribution in [0.5, 0.6) is 0 Å². The van der Waals surface area contributed by atoms with Gasteiger partial charge in [-0.25, -0.2) is 0 Å². The second-order valence-corrected chi connectivity index (χ2v) is 5.89. The molecule has 1 aliphatic heterocycles. The first-order valence-corrected chi connectivity index (χ1v) is 6.35. The summed E-state index contributed by atoms with van der Waals surface area (Å²) in [5.41, 5.74) is 0.555. The largest absolute Gasteiger partial charge is 0.303 e. The molecule has 0 amide bonds. The first-order valence-electron chi connectivity index (χ1n) is 5.82. The zero-order valence-electron chi connectivity index (χ0n) is 9.85. The Hall–Kier alpha value is 0.250. The lowest BCUT2D eigenvalue weighted by Gasteiger charge is -2.24. The molecule has 84 valence electrons. The summed E-state index contributed by atoms with van der Waals surface area (Å²) in [6.07, 6.45) is 4.06. The minimum Gasteiger partial charge on any atom is -0.303 e. The molecule has 1 unspecified atom stereocenters. The van der Waals surface area contributed by atoms with Crippen LogP contribution in [0, 0.1) is 11.3 Å². The highest BCUT2D eigenvalue weighted by Crippen LogP contribution is 2.29. The summed E-state index contributed by atoms with van der Waals surface area (Å²) in [5, 5.41) is 0. The molecular formula is C12H24ClN. The zero-order chi connectivity index (χ0) is 10.6. The summed E-state index contributed by atoms with van der Waals surface area (Å²) in [5.74, 6) is 1.43. The fourth-order valence-electron chi connectivity index (χ4n) is 2.15. The molecule has 0 aromatic rings. The lowest BCUT2D eigenvalue weighted by atomic mass is 9.85. The van der Waals surface area contributed by atoms with Gasteiger partial charge in [-0.05, 0) is 43.7 Å². The highest BCUT2D eigenvalue weighted by molar-refractivity contribution is 6.18. The van der Waals surface area contributed by atoms with E-state index in [1.54, 1.807) is 0 Å². The van der Waals surface area contributed by atoms with Crippen LogP contribution in [0.2, 0.25) is 0 Å². The monoisotopic (exact) mass is 217 g/mol. The summed E-state index contributed by atoms with van der Waals surface area (Å²) in [4.78, 5) is 2.59. The van der Waals surface area contributed by atoms with Gasteiger partial charge in [-0.15, -0.1) is 11.6 Å². The molecule has 1 nitrogen and oxygen atoms in total. The van der Waals surface area contributed by atoms with Crippen molar-refractivity contribution >= 4 is 11.6 Å². The van der Waals surface area contributed by atoms with E-state index in [-0.39, 0.29) is 0 Å². The third-order valence-corrected chi connectivity index (χ3v) is 3.79. The summed E-state index contributed by atoms with van der Waals surface area (Å²) in [6, 6.07) is 0. The second-order valence-electron chi connectivity index (χ2n) is 5.58. The maximum absolute atomic E-state index is 5.84. The predicted molar refractivity (Wildman–Crippen MR) is 64.0 cm³/mol. The molecule has 1 saturated heterocycles. The molecule has 0 N–H and O–H groups in total. The van der Waals surface area contributed by atoms with Gasteiger partial charge in [-0.1, -0.05) is 20.8 Å². The number of hydrogen-bond donors (Lipinski definition) is 0. The van der Waals surface area contributed by atoms with Gasteiger partial charge < -0.3 is 4.90 Å². The predicted octanol–water partition coefficient (Wildman–Crippen LogP) is 3.37. The van der Waals surface area contributed by atoms with Crippen molar-refractivity contribution in [2.45, 2.75) is 40.0 Å². The molecule has 0 aromatic carbocycles. The van der Waals surface area contributed by atoms with Crippen molar-refractivity contribution in [1.82, 2.24) is 4.90 Å². The molecule has 1 heterocycles. The van der Waals surface area contributed by atoms with Gasteiger partial charge in [-0.3, -0.25) is 0 Å². The molecule has 0 aliphatic carbocycles. The number of nitrogens with zero attached hydrogens (tertiary/aromatic N) is 1. The van der Waals surface area contributed by atoms with Crippen molar-refractivity contribution in [3.8, 4) is 0 Å². The number of likely N-dealkylation sites (tertiary alicyclic amines) is 1. The van der Waals surface area contributed by atoms with E-state index >= 15 is 0 Å². The normalized spacial score (nSPS) is 25.7. The van der Waals surface area contributed by atoms with Crippen molar-refractivity contribution in [3.63, 3.8) is 0 Å². The van der Waals surface area contributed by atoms with E-state index in [0.29, 0.717) is 11.3 Å². The van der Waals surface area contributed by atoms with Crippen molar-refractivity contribution in [2.24, 2.45) is 11.3 Å². The Morgan fingerprint density at radius 3 is 2.64 bits per heavy atom. The molecule has 0 aromatic heterocycles. The van der Waals surface area contributed by atoms with Gasteiger partial charge in [0, 0.05) is 12.4 Å². The second kappa shape index (κ2) is 5.37. The molecule has 2 heteroatoms. The van der Waals surface area contributed by atoms with Crippen LogP contribution in [0.25, 0.3) is 0 Å². The van der Waals surface area contributed by atoms with Crippen molar-refractivity contribution in [3.05, 3.63) is 0 Å². The SMILES string of the molecule is CC(CCl)CN1CCCC(C)(C)CC1. The average molecular weight is 218 g/mol. The minimum atomic E-state index is 0.555. The van der Waals surface area contributed by atoms with Gasteiger partial charge in [0.05, 0.1) is 0 Å². The zero-order valence-corrected chi connectivity index (χ0v) is 10.6. The van der Waals surface area contributed by atoms with E-state index in [4.69, 9.17) is 11.6 Å². The Balaban J connectivity index is 2.35. The summed E-state index contributed by atoms with van der Waals surface area (Å²) >= 11 is 5.84. The van der Waals surface area contributed by atoms with E-state index < -0.39 is 0 Å². The van der Waals surface area contributed by atoms with E-state index in [0.717, 1.165) is 5.88 Å². The minimum absolute atomic E-state index is 0.555. The summed E-state index contributed by atoms with van der Waals surface area (Å²) in [6.45, 7) is 10.7. The Morgan fingerprint density at radius 1 is 1.29 bits per heavy atom. The third kappa shape index (κ3) is 4.18. The van der Waals surface area contributed by atoms with Crippen LogP contribution in [-0.2, 0) is 0 Å². The first kappa shape index (κ1) is 12.3. The van der Waals surface area contributed by atoms with Crippen LogP contribution in [0.1, 0.15) is 40.0 Å². The first-order chi connectivity index (χ1) is 6.53. The van der Waals surface area contributed by atoms with E-state index in [2.05, 4.69) is 25.7 Å². The Morgan fingerprint density at radius 2 is 2.00 bits per heavy atom. The molecule has 1 fully saturated rings. The van der Waals surface area contributed by atoms with E-state index in [1.807, 2.05) is 0 Å². The van der Waals surface area contributed by atoms with Gasteiger partial charge in [0.1, 0.15) is 0 Å². The summed E-state index contributed by atoms with van der Waals surface area (Å²) < 4.78 is 0. The lowest BCUT2D eigenvalue weighted by Crippen LogP contribution is -2.30. The Labute approximate surface area is 93.8 Å². The Bertz CT molecular complexity index is 168. The van der Waals surface area contributed by atoms with Crippen LogP contribution in [0.4, 0.5) is 0 Å². The van der Waals surface area contributed by atoms with Crippen LogP contribution < -0.4 is 0 Å². The molecule has 0 bridgehead atoms. The molecule has 14 heavy (non-hydrogen) atoms. The van der Waals surface area contributed by atoms with Gasteiger partial charge in [0.15, 0.2) is 0 Å². The van der Waals surface area contributed by atoms with E-state index in [1.165, 1.54) is 38.9 Å². The van der Waals surface area contributed by atoms with Crippen LogP contribution >= 0.6 is 11.6 Å². The molecule has 0 spiro atoms. The molecule has 0 radical (unpaired) electrons. The summed E-state index contributed by atoms with van der Waals surface area (Å²) in [7, 11) is 0. The smallest absolute Gasteiger partial charge is 0.0261 e. The molecule has 1 atom stereocenters. The number of halogens is 1. The van der Waals surface area contributed by atoms with Crippen LogP contribution in [-0.4, -0.2) is 30.4 Å². The van der Waals surface area contributed by atoms with Gasteiger partial charge in [0.25, 0.3) is 0 Å². The molecule has 1 rings (SSSR count). The number of alkyl halides is 1. The average Bonchev–Trinajstić information content (AvgIpc) is 2.28. The molecule has 0 saturated carbocycles. The van der Waals surface area contributed by atoms with Crippen LogP contribution in [0.3, 0.4) is 0 Å². The van der Waals surface area contributed by atoms with Gasteiger partial charge >= 0.3 is 0 Å². The highest BCUT2D eigenvalue weighted by Gasteiger charge is 2.23. The lowest BCUT2D eigenvalue weighted by molar-refractivity contribution is 0.240. The topological polar surface area (TPSA) is 3.24 Å². The molecular weight excluding hydrogens is 194 g/mol. The van der Waals surface area contributed by atoms with Crippen LogP contribution in [0.15, 0.2) is 0 Å². The number of rotatable bonds is 3. The van der Waals surface area contributed by atoms with Crippen molar-refractivity contribution < 1.29 is 0 Å².